The maximum Gasteiger partial charge on any atom is 0.211 e. The number of piperidine rings is 1. The molecule has 0 aliphatic carbocycles. The number of aromatic nitrogens is 1. The van der Waals surface area contributed by atoms with Gasteiger partial charge in [-0.15, -0.1) is 0 Å². The van der Waals surface area contributed by atoms with Crippen molar-refractivity contribution in [2.45, 2.75) is 12.8 Å². The van der Waals surface area contributed by atoms with E-state index in [0.29, 0.717) is 0 Å². The molecule has 0 spiro atoms. The van der Waals surface area contributed by atoms with E-state index in [4.69, 9.17) is 6.57 Å². The van der Waals surface area contributed by atoms with E-state index in [2.05, 4.69) is 15.1 Å². The second-order valence-corrected chi connectivity index (χ2v) is 3.53. The van der Waals surface area contributed by atoms with Crippen molar-refractivity contribution in [1.29, 1.82) is 0 Å². The van der Waals surface area contributed by atoms with E-state index in [-0.39, 0.29) is 0 Å². The van der Waals surface area contributed by atoms with Crippen LogP contribution in [0.25, 0.3) is 10.5 Å². The van der Waals surface area contributed by atoms with Gasteiger partial charge in [-0.1, -0.05) is 11.6 Å². The first-order valence-electron chi connectivity index (χ1n) is 5.13. The molecule has 0 atom stereocenters. The Labute approximate surface area is 89.7 Å². The van der Waals surface area contributed by atoms with Gasteiger partial charge in [0.1, 0.15) is 0 Å². The smallest absolute Gasteiger partial charge is 0.211 e. The number of pyridine rings is 1. The monoisotopic (exact) mass is 199 g/mol. The van der Waals surface area contributed by atoms with Crippen molar-refractivity contribution in [2.75, 3.05) is 13.1 Å². The molecule has 1 fully saturated rings. The van der Waals surface area contributed by atoms with Gasteiger partial charge in [-0.25, -0.2) is 4.85 Å². The van der Waals surface area contributed by atoms with Crippen molar-refractivity contribution in [3.63, 3.8) is 0 Å². The van der Waals surface area contributed by atoms with Crippen LogP contribution in [-0.4, -0.2) is 18.1 Å². The highest BCUT2D eigenvalue weighted by atomic mass is 14.9. The van der Waals surface area contributed by atoms with Crippen molar-refractivity contribution in [2.24, 2.45) is 0 Å². The molecule has 2 heterocycles. The summed E-state index contributed by atoms with van der Waals surface area (Å²) in [5.41, 5.74) is 2.80. The van der Waals surface area contributed by atoms with Gasteiger partial charge in [-0.05, 0) is 38.1 Å². The largest absolute Gasteiger partial charge is 0.316 e. The van der Waals surface area contributed by atoms with Crippen molar-refractivity contribution in [3.05, 3.63) is 47.1 Å². The number of nitrogens with zero attached hydrogens (tertiary/aromatic N) is 2. The van der Waals surface area contributed by atoms with Gasteiger partial charge < -0.3 is 5.32 Å². The van der Waals surface area contributed by atoms with Crippen molar-refractivity contribution in [3.8, 4) is 0 Å². The lowest BCUT2D eigenvalue weighted by atomic mass is 10.0. The molecule has 2 rings (SSSR count). The average Bonchev–Trinajstić information content (AvgIpc) is 2.33. The topological polar surface area (TPSA) is 29.3 Å². The summed E-state index contributed by atoms with van der Waals surface area (Å²) in [6, 6.07) is 5.70. The highest BCUT2D eigenvalue weighted by Gasteiger charge is 2.13. The summed E-state index contributed by atoms with van der Waals surface area (Å²) in [5.74, 6) is 0. The molecule has 1 saturated heterocycles. The summed E-state index contributed by atoms with van der Waals surface area (Å²) in [6.45, 7) is 9.19. The molecular weight excluding hydrogens is 186 g/mol. The Morgan fingerprint density at radius 3 is 2.73 bits per heavy atom. The van der Waals surface area contributed by atoms with Gasteiger partial charge in [0.15, 0.2) is 0 Å². The molecule has 1 aromatic rings. The SMILES string of the molecule is [C-]#[N+]C(=C1CCNCC1)c1ccccn1. The third-order valence-corrected chi connectivity index (χ3v) is 2.56. The summed E-state index contributed by atoms with van der Waals surface area (Å²) < 4.78 is 0. The van der Waals surface area contributed by atoms with Crippen LogP contribution >= 0.6 is 0 Å². The number of rotatable bonds is 1. The lowest BCUT2D eigenvalue weighted by Crippen LogP contribution is -2.23. The summed E-state index contributed by atoms with van der Waals surface area (Å²) in [4.78, 5) is 7.85. The highest BCUT2D eigenvalue weighted by molar-refractivity contribution is 5.71. The Balaban J connectivity index is 2.35. The van der Waals surface area contributed by atoms with Crippen molar-refractivity contribution < 1.29 is 0 Å². The molecule has 0 saturated carbocycles. The average molecular weight is 199 g/mol. The van der Waals surface area contributed by atoms with Gasteiger partial charge in [0.05, 0.1) is 12.3 Å². The van der Waals surface area contributed by atoms with Crippen LogP contribution in [0.1, 0.15) is 18.5 Å². The summed E-state index contributed by atoms with van der Waals surface area (Å²) in [6.07, 6.45) is 3.67. The molecule has 1 aromatic heterocycles. The second kappa shape index (κ2) is 4.72. The lowest BCUT2D eigenvalue weighted by molar-refractivity contribution is 0.611. The van der Waals surface area contributed by atoms with Crippen LogP contribution in [0.4, 0.5) is 0 Å². The summed E-state index contributed by atoms with van der Waals surface area (Å²) in [7, 11) is 0. The fourth-order valence-corrected chi connectivity index (χ4v) is 1.79. The summed E-state index contributed by atoms with van der Waals surface area (Å²) in [5, 5.41) is 3.29. The van der Waals surface area contributed by atoms with Gasteiger partial charge in [0, 0.05) is 6.20 Å². The molecule has 0 unspecified atom stereocenters. The first kappa shape index (κ1) is 9.88. The molecule has 1 N–H and O–H groups in total. The highest BCUT2D eigenvalue weighted by Crippen LogP contribution is 2.24. The minimum Gasteiger partial charge on any atom is -0.316 e. The van der Waals surface area contributed by atoms with E-state index in [1.165, 1.54) is 5.57 Å². The number of nitrogens with one attached hydrogen (secondary N) is 1. The van der Waals surface area contributed by atoms with Gasteiger partial charge in [-0.3, -0.25) is 4.98 Å². The first-order chi connectivity index (χ1) is 7.42. The molecule has 0 radical (unpaired) electrons. The fraction of sp³-hybridized carbons (Fsp3) is 0.333. The van der Waals surface area contributed by atoms with Gasteiger partial charge in [-0.2, -0.15) is 0 Å². The van der Waals surface area contributed by atoms with E-state index in [1.807, 2.05) is 18.2 Å². The molecule has 0 aromatic carbocycles. The van der Waals surface area contributed by atoms with Gasteiger partial charge >= 0.3 is 0 Å². The van der Waals surface area contributed by atoms with Crippen LogP contribution in [0, 0.1) is 6.57 Å². The van der Waals surface area contributed by atoms with Crippen LogP contribution in [0.2, 0.25) is 0 Å². The van der Waals surface area contributed by atoms with Crippen LogP contribution in [0.5, 0.6) is 0 Å². The maximum absolute atomic E-state index is 7.24. The second-order valence-electron chi connectivity index (χ2n) is 3.53. The van der Waals surface area contributed by atoms with Crippen LogP contribution < -0.4 is 5.32 Å². The van der Waals surface area contributed by atoms with E-state index in [1.54, 1.807) is 6.20 Å². The van der Waals surface area contributed by atoms with Crippen LogP contribution in [0.15, 0.2) is 30.0 Å². The van der Waals surface area contributed by atoms with Crippen molar-refractivity contribution >= 4 is 5.70 Å². The van der Waals surface area contributed by atoms with Gasteiger partial charge in [0.2, 0.25) is 5.70 Å². The quantitative estimate of drug-likeness (QED) is 0.702. The molecular formula is C12H13N3. The predicted octanol–water partition coefficient (Wildman–Crippen LogP) is 2.10. The number of hydrogen-bond acceptors (Lipinski definition) is 2. The Hall–Kier alpha value is -1.66. The number of hydrogen-bond donors (Lipinski definition) is 1. The van der Waals surface area contributed by atoms with Crippen LogP contribution in [0.3, 0.4) is 0 Å². The van der Waals surface area contributed by atoms with Crippen molar-refractivity contribution in [1.82, 2.24) is 10.3 Å². The molecule has 76 valence electrons. The lowest BCUT2D eigenvalue weighted by Gasteiger charge is -2.16. The zero-order valence-corrected chi connectivity index (χ0v) is 8.53. The summed E-state index contributed by atoms with van der Waals surface area (Å²) >= 11 is 0. The zero-order chi connectivity index (χ0) is 10.5. The Morgan fingerprint density at radius 2 is 2.13 bits per heavy atom. The minimum absolute atomic E-state index is 0.747. The van der Waals surface area contributed by atoms with Crippen LogP contribution in [-0.2, 0) is 0 Å². The fourth-order valence-electron chi connectivity index (χ4n) is 1.79. The minimum atomic E-state index is 0.747. The maximum atomic E-state index is 7.24. The molecule has 3 heteroatoms. The molecule has 15 heavy (non-hydrogen) atoms. The molecule has 1 aliphatic heterocycles. The Kier molecular flexibility index (Phi) is 3.11. The predicted molar refractivity (Wildman–Crippen MR) is 59.9 cm³/mol. The first-order valence-corrected chi connectivity index (χ1v) is 5.13. The standard InChI is InChI=1S/C12H13N3/c1-13-12(10-5-8-14-9-6-10)11-4-2-3-7-15-11/h2-4,7,14H,5-6,8-9H2. The molecule has 0 amide bonds. The molecule has 1 aliphatic rings. The normalized spacial score (nSPS) is 15.8. The third-order valence-electron chi connectivity index (χ3n) is 2.56. The third kappa shape index (κ3) is 2.23. The zero-order valence-electron chi connectivity index (χ0n) is 8.53. The van der Waals surface area contributed by atoms with E-state index in [0.717, 1.165) is 37.3 Å². The van der Waals surface area contributed by atoms with E-state index in [9.17, 15) is 0 Å². The molecule has 0 bridgehead atoms. The van der Waals surface area contributed by atoms with E-state index < -0.39 is 0 Å². The van der Waals surface area contributed by atoms with Gasteiger partial charge in [0.25, 0.3) is 0 Å². The Bertz CT molecular complexity index is 393. The molecule has 3 nitrogen and oxygen atoms in total. The van der Waals surface area contributed by atoms with E-state index >= 15 is 0 Å². The Morgan fingerprint density at radius 1 is 1.33 bits per heavy atom.